The van der Waals surface area contributed by atoms with Crippen LogP contribution in [-0.4, -0.2) is 33.8 Å². The van der Waals surface area contributed by atoms with Crippen molar-refractivity contribution >= 4 is 29.1 Å². The van der Waals surface area contributed by atoms with Gasteiger partial charge in [0.1, 0.15) is 11.7 Å². The highest BCUT2D eigenvalue weighted by Crippen LogP contribution is 2.37. The molecule has 0 bridgehead atoms. The predicted molar refractivity (Wildman–Crippen MR) is 107 cm³/mol. The highest BCUT2D eigenvalue weighted by atomic mass is 35.5. The maximum Gasteiger partial charge on any atom is 0.220 e. The van der Waals surface area contributed by atoms with E-state index < -0.39 is 11.8 Å². The maximum absolute atomic E-state index is 12.9. The number of hydrogen-bond acceptors (Lipinski definition) is 4. The lowest BCUT2D eigenvalue weighted by Gasteiger charge is -2.17. The molecule has 1 heterocycles. The fraction of sp³-hybridized carbons (Fsp3) is 0.333. The van der Waals surface area contributed by atoms with E-state index in [1.807, 2.05) is 26.0 Å². The van der Waals surface area contributed by atoms with E-state index >= 15 is 0 Å². The summed E-state index contributed by atoms with van der Waals surface area (Å²) >= 11 is 5.94. The molecule has 0 saturated heterocycles. The Balaban J connectivity index is 1.86. The molecule has 1 N–H and O–H groups in total. The number of nitrogens with one attached hydrogen (secondary N) is 1. The van der Waals surface area contributed by atoms with Crippen molar-refractivity contribution in [3.8, 4) is 5.69 Å². The first-order chi connectivity index (χ1) is 13.3. The van der Waals surface area contributed by atoms with Gasteiger partial charge < -0.3 is 5.32 Å². The highest BCUT2D eigenvalue weighted by molar-refractivity contribution is 6.30. The topological polar surface area (TPSA) is 81.1 Å². The smallest absolute Gasteiger partial charge is 0.220 e. The van der Waals surface area contributed by atoms with E-state index in [1.54, 1.807) is 23.2 Å². The Morgan fingerprint density at radius 1 is 1.36 bits per heavy atom. The van der Waals surface area contributed by atoms with E-state index in [0.717, 1.165) is 22.4 Å². The lowest BCUT2D eigenvalue weighted by Crippen LogP contribution is -2.27. The van der Waals surface area contributed by atoms with Gasteiger partial charge in [-0.15, -0.1) is 6.58 Å². The standard InChI is InChI=1S/C21H22ClN3O3/c1-4-5-23-18(27)9-14-8-17(26)20(21(14)28)19-12(2)6-16(7-13(19)3)25-11-15(22)10-24-25/h4,6-7,10-11,14,20H,1,5,8-9H2,2-3H3,(H,23,27). The summed E-state index contributed by atoms with van der Waals surface area (Å²) in [6.45, 7) is 7.64. The number of Topliss-reactive ketones (excluding diaryl/α,β-unsaturated/α-hetero) is 2. The van der Waals surface area contributed by atoms with Crippen molar-refractivity contribution in [2.75, 3.05) is 6.54 Å². The first kappa shape index (κ1) is 20.0. The minimum atomic E-state index is -0.813. The third-order valence-electron chi connectivity index (χ3n) is 5.01. The third-order valence-corrected chi connectivity index (χ3v) is 5.21. The number of rotatable bonds is 6. The van der Waals surface area contributed by atoms with E-state index in [-0.39, 0.29) is 30.3 Å². The summed E-state index contributed by atoms with van der Waals surface area (Å²) < 4.78 is 1.65. The zero-order valence-electron chi connectivity index (χ0n) is 15.9. The molecule has 146 valence electrons. The average Bonchev–Trinajstić information content (AvgIpc) is 3.18. The summed E-state index contributed by atoms with van der Waals surface area (Å²) in [5.74, 6) is -1.95. The van der Waals surface area contributed by atoms with Gasteiger partial charge in [0.25, 0.3) is 0 Å². The summed E-state index contributed by atoms with van der Waals surface area (Å²) in [6.07, 6.45) is 4.94. The molecule has 0 aliphatic heterocycles. The third kappa shape index (κ3) is 3.92. The second-order valence-corrected chi connectivity index (χ2v) is 7.53. The Morgan fingerprint density at radius 2 is 2.04 bits per heavy atom. The van der Waals surface area contributed by atoms with Gasteiger partial charge in [0.05, 0.1) is 16.9 Å². The minimum absolute atomic E-state index is 0.0247. The molecule has 2 unspecified atom stereocenters. The largest absolute Gasteiger partial charge is 0.353 e. The first-order valence-electron chi connectivity index (χ1n) is 9.07. The molecule has 7 heteroatoms. The van der Waals surface area contributed by atoms with Gasteiger partial charge >= 0.3 is 0 Å². The minimum Gasteiger partial charge on any atom is -0.353 e. The average molecular weight is 400 g/mol. The van der Waals surface area contributed by atoms with E-state index in [1.165, 1.54) is 0 Å². The van der Waals surface area contributed by atoms with Gasteiger partial charge in [-0.3, -0.25) is 14.4 Å². The second kappa shape index (κ2) is 8.10. The van der Waals surface area contributed by atoms with Crippen LogP contribution in [0, 0.1) is 19.8 Å². The van der Waals surface area contributed by atoms with Gasteiger partial charge in [0, 0.05) is 31.5 Å². The number of nitrogens with zero attached hydrogens (tertiary/aromatic N) is 2. The fourth-order valence-electron chi connectivity index (χ4n) is 3.80. The van der Waals surface area contributed by atoms with Crippen LogP contribution >= 0.6 is 11.6 Å². The van der Waals surface area contributed by atoms with Crippen LogP contribution in [0.1, 0.15) is 35.4 Å². The van der Waals surface area contributed by atoms with Crippen LogP contribution in [0.15, 0.2) is 37.2 Å². The van der Waals surface area contributed by atoms with Crippen molar-refractivity contribution in [3.63, 3.8) is 0 Å². The molecule has 1 fully saturated rings. The van der Waals surface area contributed by atoms with Crippen molar-refractivity contribution in [3.05, 3.63) is 58.9 Å². The number of benzene rings is 1. The van der Waals surface area contributed by atoms with E-state index in [4.69, 9.17) is 11.6 Å². The predicted octanol–water partition coefficient (Wildman–Crippen LogP) is 3.08. The number of carbonyl (C=O) groups is 3. The Bertz CT molecular complexity index is 941. The molecule has 1 amide bonds. The van der Waals surface area contributed by atoms with Crippen LogP contribution in [0.25, 0.3) is 5.69 Å². The number of halogens is 1. The maximum atomic E-state index is 12.9. The number of aromatic nitrogens is 2. The van der Waals surface area contributed by atoms with Gasteiger partial charge in [-0.25, -0.2) is 4.68 Å². The zero-order chi connectivity index (χ0) is 20.4. The Hall–Kier alpha value is -2.73. The second-order valence-electron chi connectivity index (χ2n) is 7.10. The summed E-state index contributed by atoms with van der Waals surface area (Å²) in [4.78, 5) is 37.5. The number of hydrogen-bond donors (Lipinski definition) is 1. The van der Waals surface area contributed by atoms with E-state index in [0.29, 0.717) is 11.6 Å². The van der Waals surface area contributed by atoms with Gasteiger partial charge in [-0.1, -0.05) is 17.7 Å². The van der Waals surface area contributed by atoms with Crippen LogP contribution in [0.4, 0.5) is 0 Å². The van der Waals surface area contributed by atoms with Crippen molar-refractivity contribution in [1.29, 1.82) is 0 Å². The van der Waals surface area contributed by atoms with Crippen LogP contribution in [0.3, 0.4) is 0 Å². The van der Waals surface area contributed by atoms with Crippen molar-refractivity contribution in [1.82, 2.24) is 15.1 Å². The molecule has 6 nitrogen and oxygen atoms in total. The molecule has 2 aromatic rings. The lowest BCUT2D eigenvalue weighted by molar-refractivity contribution is -0.128. The van der Waals surface area contributed by atoms with Crippen molar-refractivity contribution in [2.24, 2.45) is 5.92 Å². The highest BCUT2D eigenvalue weighted by Gasteiger charge is 2.43. The number of ketones is 2. The molecule has 1 aromatic heterocycles. The monoisotopic (exact) mass is 399 g/mol. The molecule has 28 heavy (non-hydrogen) atoms. The van der Waals surface area contributed by atoms with Crippen LogP contribution < -0.4 is 5.32 Å². The summed E-state index contributed by atoms with van der Waals surface area (Å²) in [7, 11) is 0. The number of carbonyl (C=O) groups excluding carboxylic acids is 3. The lowest BCUT2D eigenvalue weighted by atomic mass is 9.87. The van der Waals surface area contributed by atoms with Crippen molar-refractivity contribution in [2.45, 2.75) is 32.6 Å². The zero-order valence-corrected chi connectivity index (χ0v) is 16.6. The molecular formula is C21H22ClN3O3. The summed E-state index contributed by atoms with van der Waals surface area (Å²) in [5.41, 5.74) is 3.21. The molecule has 3 rings (SSSR count). The summed E-state index contributed by atoms with van der Waals surface area (Å²) in [6, 6.07) is 3.77. The normalized spacial score (nSPS) is 19.1. The molecule has 0 spiro atoms. The molecule has 1 aliphatic carbocycles. The molecule has 2 atom stereocenters. The van der Waals surface area contributed by atoms with Gasteiger partial charge in [0.15, 0.2) is 5.78 Å². The van der Waals surface area contributed by atoms with E-state index in [2.05, 4.69) is 17.0 Å². The quantitative estimate of drug-likeness (QED) is 0.597. The molecule has 1 aliphatic rings. The van der Waals surface area contributed by atoms with Gasteiger partial charge in [-0.2, -0.15) is 5.10 Å². The van der Waals surface area contributed by atoms with Crippen LogP contribution in [0.2, 0.25) is 5.02 Å². The van der Waals surface area contributed by atoms with Crippen molar-refractivity contribution < 1.29 is 14.4 Å². The number of amides is 1. The van der Waals surface area contributed by atoms with Gasteiger partial charge in [-0.05, 0) is 42.7 Å². The molecule has 1 aromatic carbocycles. The van der Waals surface area contributed by atoms with Crippen LogP contribution in [-0.2, 0) is 14.4 Å². The number of aryl methyl sites for hydroxylation is 2. The first-order valence-corrected chi connectivity index (χ1v) is 9.45. The Labute approximate surface area is 168 Å². The molecule has 0 radical (unpaired) electrons. The Morgan fingerprint density at radius 3 is 2.61 bits per heavy atom. The summed E-state index contributed by atoms with van der Waals surface area (Å²) in [5, 5.41) is 7.38. The SMILES string of the molecule is C=CCNC(=O)CC1CC(=O)C(c2c(C)cc(-n3cc(Cl)cn3)cc2C)C1=O. The van der Waals surface area contributed by atoms with E-state index in [9.17, 15) is 14.4 Å². The fourth-order valence-corrected chi connectivity index (χ4v) is 3.93. The van der Waals surface area contributed by atoms with Crippen LogP contribution in [0.5, 0.6) is 0 Å². The Kier molecular flexibility index (Phi) is 5.79. The molecular weight excluding hydrogens is 378 g/mol. The van der Waals surface area contributed by atoms with Gasteiger partial charge in [0.2, 0.25) is 5.91 Å². The molecule has 1 saturated carbocycles.